The number of carbonyl (C=O) groups is 2. The minimum Gasteiger partial charge on any atom is -0.493 e. The summed E-state index contributed by atoms with van der Waals surface area (Å²) >= 11 is 0. The number of nitrogens with one attached hydrogen (secondary N) is 2. The number of amides is 1. The molecule has 0 atom stereocenters. The van der Waals surface area contributed by atoms with Crippen LogP contribution in [0.1, 0.15) is 17.3 Å². The molecule has 0 bridgehead atoms. The molecular formula is C23H24F3N5O4. The molecule has 12 heteroatoms. The zero-order valence-corrected chi connectivity index (χ0v) is 18.8. The minimum absolute atomic E-state index is 0.265. The average molecular weight is 491 g/mol. The van der Waals surface area contributed by atoms with Crippen LogP contribution in [-0.4, -0.2) is 65.9 Å². The van der Waals surface area contributed by atoms with Crippen LogP contribution >= 0.6 is 0 Å². The lowest BCUT2D eigenvalue weighted by Gasteiger charge is -2.28. The topological polar surface area (TPSA) is 117 Å². The highest BCUT2D eigenvalue weighted by atomic mass is 19.4. The third-order valence-electron chi connectivity index (χ3n) is 4.96. The summed E-state index contributed by atoms with van der Waals surface area (Å²) in [5, 5.41) is 15.3. The molecule has 3 N–H and O–H groups in total. The maximum absolute atomic E-state index is 12.9. The van der Waals surface area contributed by atoms with Gasteiger partial charge in [-0.05, 0) is 29.8 Å². The Bertz CT molecular complexity index is 1170. The number of piperazine rings is 1. The van der Waals surface area contributed by atoms with Crippen LogP contribution in [0.2, 0.25) is 0 Å². The number of ether oxygens (including phenoxy) is 1. The first-order valence-electron chi connectivity index (χ1n) is 10.7. The van der Waals surface area contributed by atoms with Crippen LogP contribution in [0.25, 0.3) is 10.8 Å². The molecule has 1 aromatic heterocycles. The molecule has 2 heterocycles. The Balaban J connectivity index is 0.000000429. The van der Waals surface area contributed by atoms with Crippen molar-refractivity contribution in [3.63, 3.8) is 0 Å². The number of aliphatic carboxylic acids is 1. The van der Waals surface area contributed by atoms with Crippen LogP contribution in [0.3, 0.4) is 0 Å². The number of alkyl halides is 3. The van der Waals surface area contributed by atoms with E-state index in [0.29, 0.717) is 23.7 Å². The second-order valence-corrected chi connectivity index (χ2v) is 7.38. The van der Waals surface area contributed by atoms with Crippen molar-refractivity contribution < 1.29 is 32.6 Å². The Morgan fingerprint density at radius 1 is 1.11 bits per heavy atom. The number of hydrogen-bond donors (Lipinski definition) is 3. The minimum atomic E-state index is -5.08. The van der Waals surface area contributed by atoms with Crippen molar-refractivity contribution in [1.82, 2.24) is 15.3 Å². The highest BCUT2D eigenvalue weighted by Crippen LogP contribution is 2.27. The molecule has 0 spiro atoms. The van der Waals surface area contributed by atoms with Crippen molar-refractivity contribution in [1.29, 1.82) is 0 Å². The lowest BCUT2D eigenvalue weighted by atomic mass is 10.1. The van der Waals surface area contributed by atoms with E-state index in [2.05, 4.69) is 25.5 Å². The second-order valence-electron chi connectivity index (χ2n) is 7.38. The summed E-state index contributed by atoms with van der Waals surface area (Å²) < 4.78 is 37.4. The summed E-state index contributed by atoms with van der Waals surface area (Å²) in [6.45, 7) is 6.05. The van der Waals surface area contributed by atoms with Gasteiger partial charge in [-0.1, -0.05) is 24.3 Å². The van der Waals surface area contributed by atoms with Crippen molar-refractivity contribution in [2.24, 2.45) is 0 Å². The highest BCUT2D eigenvalue weighted by molar-refractivity contribution is 6.08. The third kappa shape index (κ3) is 7.03. The molecule has 3 aromatic rings. The van der Waals surface area contributed by atoms with Gasteiger partial charge in [0.25, 0.3) is 5.91 Å². The van der Waals surface area contributed by atoms with E-state index in [1.807, 2.05) is 43.3 Å². The SMILES string of the molecule is CCOc1cc2ccccc2cc1C(=O)Nc1cnc(N2CCNCC2)cn1.O=C(O)C(F)(F)F. The van der Waals surface area contributed by atoms with Crippen LogP contribution in [0.5, 0.6) is 5.75 Å². The molecule has 2 aromatic carbocycles. The lowest BCUT2D eigenvalue weighted by Crippen LogP contribution is -2.43. The number of carboxylic acid groups (broad SMARTS) is 1. The van der Waals surface area contributed by atoms with E-state index in [4.69, 9.17) is 14.6 Å². The van der Waals surface area contributed by atoms with Crippen LogP contribution < -0.4 is 20.3 Å². The van der Waals surface area contributed by atoms with Gasteiger partial charge in [-0.25, -0.2) is 14.8 Å². The molecule has 0 unspecified atom stereocenters. The van der Waals surface area contributed by atoms with Gasteiger partial charge in [0.1, 0.15) is 11.6 Å². The number of hydrogen-bond acceptors (Lipinski definition) is 7. The van der Waals surface area contributed by atoms with E-state index < -0.39 is 12.1 Å². The summed E-state index contributed by atoms with van der Waals surface area (Å²) in [7, 11) is 0. The van der Waals surface area contributed by atoms with Gasteiger partial charge in [0.2, 0.25) is 0 Å². The first-order chi connectivity index (χ1) is 16.7. The number of rotatable bonds is 5. The number of anilines is 2. The summed E-state index contributed by atoms with van der Waals surface area (Å²) in [5.41, 5.74) is 0.480. The molecular weight excluding hydrogens is 467 g/mol. The maximum Gasteiger partial charge on any atom is 0.490 e. The summed E-state index contributed by atoms with van der Waals surface area (Å²) in [4.78, 5) is 32.7. The number of halogens is 3. The largest absolute Gasteiger partial charge is 0.493 e. The summed E-state index contributed by atoms with van der Waals surface area (Å²) in [6, 6.07) is 11.6. The third-order valence-corrected chi connectivity index (χ3v) is 4.96. The molecule has 1 saturated heterocycles. The molecule has 0 aliphatic carbocycles. The monoisotopic (exact) mass is 491 g/mol. The number of carbonyl (C=O) groups excluding carboxylic acids is 1. The first kappa shape index (κ1) is 25.7. The average Bonchev–Trinajstić information content (AvgIpc) is 2.84. The molecule has 186 valence electrons. The van der Waals surface area contributed by atoms with Crippen molar-refractivity contribution in [2.75, 3.05) is 43.0 Å². The van der Waals surface area contributed by atoms with Gasteiger partial charge >= 0.3 is 12.1 Å². The number of carboxylic acids is 1. The van der Waals surface area contributed by atoms with Gasteiger partial charge in [-0.2, -0.15) is 13.2 Å². The quantitative estimate of drug-likeness (QED) is 0.498. The standard InChI is InChI=1S/C21H23N5O2.C2HF3O2/c1-2-28-18-12-16-6-4-3-5-15(16)11-17(18)21(27)25-19-13-24-20(14-23-19)26-9-7-22-8-10-26;3-2(4,5)1(6)7/h3-6,11-14,22H,2,7-10H2,1H3,(H,23,25,27);(H,6,7). The highest BCUT2D eigenvalue weighted by Gasteiger charge is 2.38. The molecule has 1 aliphatic rings. The van der Waals surface area contributed by atoms with E-state index >= 15 is 0 Å². The van der Waals surface area contributed by atoms with Crippen LogP contribution in [0.4, 0.5) is 24.8 Å². The van der Waals surface area contributed by atoms with Gasteiger partial charge in [-0.15, -0.1) is 0 Å². The molecule has 0 radical (unpaired) electrons. The zero-order valence-electron chi connectivity index (χ0n) is 18.8. The van der Waals surface area contributed by atoms with E-state index in [-0.39, 0.29) is 5.91 Å². The Kier molecular flexibility index (Phi) is 8.42. The molecule has 0 saturated carbocycles. The fraction of sp³-hybridized carbons (Fsp3) is 0.304. The molecule has 9 nitrogen and oxygen atoms in total. The molecule has 1 fully saturated rings. The Labute approximate surface area is 198 Å². The Morgan fingerprint density at radius 3 is 2.29 bits per heavy atom. The van der Waals surface area contributed by atoms with Gasteiger partial charge in [0, 0.05) is 26.2 Å². The number of fused-ring (bicyclic) bond motifs is 1. The fourth-order valence-electron chi connectivity index (χ4n) is 3.30. The molecule has 35 heavy (non-hydrogen) atoms. The predicted octanol–water partition coefficient (Wildman–Crippen LogP) is 3.32. The summed E-state index contributed by atoms with van der Waals surface area (Å²) in [5.74, 6) is -1.23. The van der Waals surface area contributed by atoms with Crippen molar-refractivity contribution in [3.8, 4) is 5.75 Å². The number of nitrogens with zero attached hydrogens (tertiary/aromatic N) is 3. The number of aromatic nitrogens is 2. The van der Waals surface area contributed by atoms with E-state index in [9.17, 15) is 18.0 Å². The van der Waals surface area contributed by atoms with E-state index in [1.54, 1.807) is 12.4 Å². The van der Waals surface area contributed by atoms with E-state index in [1.165, 1.54) is 0 Å². The van der Waals surface area contributed by atoms with Crippen LogP contribution in [-0.2, 0) is 4.79 Å². The summed E-state index contributed by atoms with van der Waals surface area (Å²) in [6.07, 6.45) is -1.79. The Morgan fingerprint density at radius 2 is 1.74 bits per heavy atom. The van der Waals surface area contributed by atoms with Crippen LogP contribution in [0.15, 0.2) is 48.8 Å². The predicted molar refractivity (Wildman–Crippen MR) is 124 cm³/mol. The zero-order chi connectivity index (χ0) is 25.4. The van der Waals surface area contributed by atoms with Crippen molar-refractivity contribution in [3.05, 3.63) is 54.4 Å². The van der Waals surface area contributed by atoms with Crippen molar-refractivity contribution in [2.45, 2.75) is 13.1 Å². The van der Waals surface area contributed by atoms with Gasteiger partial charge in [-0.3, -0.25) is 4.79 Å². The lowest BCUT2D eigenvalue weighted by molar-refractivity contribution is -0.192. The van der Waals surface area contributed by atoms with Crippen molar-refractivity contribution >= 4 is 34.3 Å². The van der Waals surface area contributed by atoms with Crippen LogP contribution in [0, 0.1) is 0 Å². The molecule has 4 rings (SSSR count). The van der Waals surface area contributed by atoms with Gasteiger partial charge in [0.15, 0.2) is 5.82 Å². The van der Waals surface area contributed by atoms with Gasteiger partial charge < -0.3 is 25.4 Å². The van der Waals surface area contributed by atoms with E-state index in [0.717, 1.165) is 42.8 Å². The van der Waals surface area contributed by atoms with Gasteiger partial charge in [0.05, 0.1) is 24.6 Å². The normalized spacial score (nSPS) is 13.5. The maximum atomic E-state index is 12.9. The number of benzene rings is 2. The molecule has 1 aliphatic heterocycles. The fourth-order valence-corrected chi connectivity index (χ4v) is 3.30. The Hall–Kier alpha value is -3.93. The molecule has 1 amide bonds. The first-order valence-corrected chi connectivity index (χ1v) is 10.7. The smallest absolute Gasteiger partial charge is 0.490 e. The second kappa shape index (κ2) is 11.5.